The van der Waals surface area contributed by atoms with E-state index in [1.54, 1.807) is 6.92 Å². The van der Waals surface area contributed by atoms with Crippen LogP contribution in [0.5, 0.6) is 5.88 Å². The molecule has 0 saturated carbocycles. The number of ether oxygens (including phenoxy) is 1. The Balaban J connectivity index is 1.55. The van der Waals surface area contributed by atoms with E-state index in [1.807, 2.05) is 0 Å². The summed E-state index contributed by atoms with van der Waals surface area (Å²) in [5, 5.41) is 6.95. The number of aromatic nitrogens is 3. The lowest BCUT2D eigenvalue weighted by molar-refractivity contribution is -0.141. The molecule has 14 heteroatoms. The lowest BCUT2D eigenvalue weighted by atomic mass is 9.93. The zero-order valence-corrected chi connectivity index (χ0v) is 21.3. The molecule has 1 aromatic carbocycles. The van der Waals surface area contributed by atoms with E-state index >= 15 is 0 Å². The van der Waals surface area contributed by atoms with Crippen molar-refractivity contribution in [1.82, 2.24) is 24.4 Å². The molecule has 3 heterocycles. The molecule has 1 N–H and O–H groups in total. The number of nitrogens with one attached hydrogen (secondary N) is 1. The van der Waals surface area contributed by atoms with Crippen LogP contribution in [0.3, 0.4) is 0 Å². The predicted octanol–water partition coefficient (Wildman–Crippen LogP) is 3.68. The van der Waals surface area contributed by atoms with E-state index in [0.29, 0.717) is 18.4 Å². The van der Waals surface area contributed by atoms with Crippen LogP contribution in [-0.2, 0) is 27.5 Å². The molecule has 1 amide bonds. The summed E-state index contributed by atoms with van der Waals surface area (Å²) in [4.78, 5) is 16.8. The molecule has 0 aliphatic carbocycles. The van der Waals surface area contributed by atoms with Gasteiger partial charge in [0.05, 0.1) is 29.5 Å². The minimum atomic E-state index is -4.58. The number of halogens is 4. The summed E-state index contributed by atoms with van der Waals surface area (Å²) in [6, 6.07) is 6.45. The van der Waals surface area contributed by atoms with Crippen molar-refractivity contribution in [2.75, 3.05) is 13.7 Å². The highest BCUT2D eigenvalue weighted by molar-refractivity contribution is 7.89. The number of hydrogen-bond acceptors (Lipinski definition) is 6. The molecule has 38 heavy (non-hydrogen) atoms. The molecule has 2 aromatic heterocycles. The minimum absolute atomic E-state index is 0.0811. The van der Waals surface area contributed by atoms with Crippen LogP contribution in [0.15, 0.2) is 53.7 Å². The molecular weight excluding hydrogens is 530 g/mol. The third-order valence-electron chi connectivity index (χ3n) is 6.53. The monoisotopic (exact) mass is 555 g/mol. The molecule has 1 saturated heterocycles. The number of nitrogens with zero attached hydrogens (tertiary/aromatic N) is 4. The highest BCUT2D eigenvalue weighted by atomic mass is 32.2. The van der Waals surface area contributed by atoms with Gasteiger partial charge in [-0.05, 0) is 55.7 Å². The smallest absolute Gasteiger partial charge is 0.433 e. The van der Waals surface area contributed by atoms with Crippen LogP contribution in [0.4, 0.5) is 17.6 Å². The number of alkyl halides is 3. The van der Waals surface area contributed by atoms with Gasteiger partial charge in [0.1, 0.15) is 17.1 Å². The summed E-state index contributed by atoms with van der Waals surface area (Å²) in [6.45, 7) is 1.76. The Hall–Kier alpha value is -3.52. The zero-order chi connectivity index (χ0) is 27.7. The fourth-order valence-electron chi connectivity index (χ4n) is 4.53. The van der Waals surface area contributed by atoms with Gasteiger partial charge in [0.25, 0.3) is 0 Å². The number of hydrogen-bond donors (Lipinski definition) is 1. The first-order valence-corrected chi connectivity index (χ1v) is 13.1. The predicted molar refractivity (Wildman–Crippen MR) is 127 cm³/mol. The van der Waals surface area contributed by atoms with Crippen LogP contribution in [-0.4, -0.2) is 52.6 Å². The highest BCUT2D eigenvalue weighted by Crippen LogP contribution is 2.38. The third kappa shape index (κ3) is 5.10. The van der Waals surface area contributed by atoms with E-state index in [0.717, 1.165) is 40.8 Å². The largest absolute Gasteiger partial charge is 0.480 e. The lowest BCUT2D eigenvalue weighted by Crippen LogP contribution is -2.56. The Labute approximate surface area is 216 Å². The van der Waals surface area contributed by atoms with E-state index in [9.17, 15) is 30.8 Å². The number of pyridine rings is 1. The van der Waals surface area contributed by atoms with Gasteiger partial charge >= 0.3 is 6.18 Å². The summed E-state index contributed by atoms with van der Waals surface area (Å²) in [6.07, 6.45) is -1.13. The summed E-state index contributed by atoms with van der Waals surface area (Å²) in [5.41, 5.74) is -1.74. The quantitative estimate of drug-likeness (QED) is 0.425. The second-order valence-electron chi connectivity index (χ2n) is 8.71. The number of amides is 1. The molecule has 0 radical (unpaired) electrons. The van der Waals surface area contributed by atoms with Gasteiger partial charge in [-0.3, -0.25) is 4.79 Å². The Morgan fingerprint density at radius 3 is 2.47 bits per heavy atom. The van der Waals surface area contributed by atoms with Crippen molar-refractivity contribution in [3.8, 4) is 11.6 Å². The van der Waals surface area contributed by atoms with Crippen molar-refractivity contribution in [1.29, 1.82) is 0 Å². The van der Waals surface area contributed by atoms with Crippen LogP contribution in [0, 0.1) is 5.82 Å². The molecule has 1 aliphatic rings. The van der Waals surface area contributed by atoms with Gasteiger partial charge in [-0.1, -0.05) is 6.92 Å². The molecule has 1 atom stereocenters. The van der Waals surface area contributed by atoms with Crippen LogP contribution < -0.4 is 10.1 Å². The van der Waals surface area contributed by atoms with E-state index in [-0.39, 0.29) is 36.0 Å². The van der Waals surface area contributed by atoms with Gasteiger partial charge in [-0.25, -0.2) is 22.5 Å². The average Bonchev–Trinajstić information content (AvgIpc) is 3.52. The van der Waals surface area contributed by atoms with Gasteiger partial charge in [0, 0.05) is 19.3 Å². The minimum Gasteiger partial charge on any atom is -0.480 e. The summed E-state index contributed by atoms with van der Waals surface area (Å²) >= 11 is 0. The SMILES string of the molecule is CCC1(C(=O)NCc2cn(-c3ccc(C(F)(F)F)nc3)nc2OC)CCCN1S(=O)(=O)c1ccc(F)cc1. The topological polar surface area (TPSA) is 106 Å². The van der Waals surface area contributed by atoms with Gasteiger partial charge in [-0.2, -0.15) is 17.5 Å². The van der Waals surface area contributed by atoms with Crippen molar-refractivity contribution in [2.24, 2.45) is 0 Å². The maximum atomic E-state index is 13.5. The average molecular weight is 556 g/mol. The fraction of sp³-hybridized carbons (Fsp3) is 0.375. The number of benzene rings is 1. The van der Waals surface area contributed by atoms with E-state index in [4.69, 9.17) is 4.74 Å². The number of carbonyl (C=O) groups excluding carboxylic acids is 1. The summed E-state index contributed by atoms with van der Waals surface area (Å²) in [5.74, 6) is -0.974. The van der Waals surface area contributed by atoms with Crippen LogP contribution >= 0.6 is 0 Å². The van der Waals surface area contributed by atoms with Crippen LogP contribution in [0.1, 0.15) is 37.4 Å². The van der Waals surface area contributed by atoms with Crippen molar-refractivity contribution >= 4 is 15.9 Å². The van der Waals surface area contributed by atoms with Crippen molar-refractivity contribution in [3.63, 3.8) is 0 Å². The maximum absolute atomic E-state index is 13.5. The van der Waals surface area contributed by atoms with Crippen molar-refractivity contribution in [3.05, 3.63) is 65.9 Å². The normalized spacial score (nSPS) is 18.5. The van der Waals surface area contributed by atoms with Gasteiger partial charge in [0.2, 0.25) is 21.8 Å². The summed E-state index contributed by atoms with van der Waals surface area (Å²) in [7, 11) is -2.73. The second kappa shape index (κ2) is 10.3. The molecular formula is C24H25F4N5O4S. The van der Waals surface area contributed by atoms with E-state index in [2.05, 4.69) is 15.4 Å². The second-order valence-corrected chi connectivity index (χ2v) is 10.6. The van der Waals surface area contributed by atoms with Crippen LogP contribution in [0.2, 0.25) is 0 Å². The molecule has 9 nitrogen and oxygen atoms in total. The van der Waals surface area contributed by atoms with Gasteiger partial charge in [-0.15, -0.1) is 5.10 Å². The number of sulfonamides is 1. The highest BCUT2D eigenvalue weighted by Gasteiger charge is 2.51. The first-order valence-electron chi connectivity index (χ1n) is 11.7. The molecule has 1 aliphatic heterocycles. The molecule has 4 rings (SSSR count). The molecule has 0 bridgehead atoms. The molecule has 3 aromatic rings. The van der Waals surface area contributed by atoms with E-state index < -0.39 is 39.2 Å². The third-order valence-corrected chi connectivity index (χ3v) is 8.51. The van der Waals surface area contributed by atoms with E-state index in [1.165, 1.54) is 24.1 Å². The zero-order valence-electron chi connectivity index (χ0n) is 20.5. The standard InChI is InChI=1S/C24H25F4N5O4S/c1-3-23(11-4-12-33(23)38(35,36)19-8-5-17(25)6-9-19)22(34)30-13-16-15-32(31-21(16)37-2)18-7-10-20(29-14-18)24(26,27)28/h5-10,14-15H,3-4,11-13H2,1-2H3,(H,30,34). The number of rotatable bonds is 8. The number of methoxy groups -OCH3 is 1. The lowest BCUT2D eigenvalue weighted by Gasteiger charge is -2.35. The van der Waals surface area contributed by atoms with Gasteiger partial charge < -0.3 is 10.1 Å². The maximum Gasteiger partial charge on any atom is 0.433 e. The fourth-order valence-corrected chi connectivity index (χ4v) is 6.39. The Bertz CT molecular complexity index is 1410. The number of carbonyl (C=O) groups is 1. The van der Waals surface area contributed by atoms with Crippen molar-refractivity contribution in [2.45, 2.75) is 49.3 Å². The van der Waals surface area contributed by atoms with Gasteiger partial charge in [0.15, 0.2) is 0 Å². The molecule has 204 valence electrons. The van der Waals surface area contributed by atoms with Crippen LogP contribution in [0.25, 0.3) is 5.69 Å². The van der Waals surface area contributed by atoms with Crippen molar-refractivity contribution < 1.29 is 35.5 Å². The molecule has 0 spiro atoms. The summed E-state index contributed by atoms with van der Waals surface area (Å²) < 4.78 is 86.2. The Morgan fingerprint density at radius 1 is 1.18 bits per heavy atom. The first kappa shape index (κ1) is 27.5. The molecule has 1 unspecified atom stereocenters. The first-order chi connectivity index (χ1) is 17.9. The Kier molecular flexibility index (Phi) is 7.48. The Morgan fingerprint density at radius 2 is 1.89 bits per heavy atom. The molecule has 1 fully saturated rings.